The number of carbonyl (C=O) groups excluding carboxylic acids is 3. The molecule has 0 spiro atoms. The number of nitrogens with two attached hydrogens (primary N) is 1. The molecule has 0 fully saturated rings. The lowest BCUT2D eigenvalue weighted by Gasteiger charge is -2.11. The van der Waals surface area contributed by atoms with Crippen molar-refractivity contribution in [3.05, 3.63) is 59.3 Å². The minimum Gasteiger partial charge on any atom is -0.492 e. The molecule has 2 aromatic carbocycles. The molecule has 0 aliphatic carbocycles. The lowest BCUT2D eigenvalue weighted by atomic mass is 10.1. The van der Waals surface area contributed by atoms with Crippen molar-refractivity contribution in [2.45, 2.75) is 0 Å². The maximum atomic E-state index is 13.0. The summed E-state index contributed by atoms with van der Waals surface area (Å²) in [5.41, 5.74) is 8.18. The summed E-state index contributed by atoms with van der Waals surface area (Å²) in [6.45, 7) is 0. The molecule has 0 bridgehead atoms. The highest BCUT2D eigenvalue weighted by atomic mass is 16.5. The number of nitrogens with one attached hydrogen (secondary N) is 2. The number of nitrogen functional groups attached to an aromatic ring is 1. The molecule has 3 aromatic rings. The number of nitrogens with zero attached hydrogens (tertiary/aromatic N) is 2. The number of ether oxygens (including phenoxy) is 1. The minimum atomic E-state index is -0.537. The van der Waals surface area contributed by atoms with Crippen LogP contribution in [0.2, 0.25) is 0 Å². The van der Waals surface area contributed by atoms with E-state index in [1.807, 2.05) is 30.3 Å². The van der Waals surface area contributed by atoms with Gasteiger partial charge in [0.1, 0.15) is 5.69 Å². The zero-order chi connectivity index (χ0) is 20.7. The highest BCUT2D eigenvalue weighted by Crippen LogP contribution is 2.33. The Balaban J connectivity index is 1.72. The van der Waals surface area contributed by atoms with E-state index in [0.717, 1.165) is 5.56 Å². The number of benzene rings is 2. The summed E-state index contributed by atoms with van der Waals surface area (Å²) in [5, 5.41) is 9.27. The number of rotatable bonds is 4. The van der Waals surface area contributed by atoms with Crippen LogP contribution in [0.25, 0.3) is 11.3 Å². The quantitative estimate of drug-likeness (QED) is 0.460. The molecule has 4 rings (SSSR count). The molecule has 0 radical (unpaired) electrons. The van der Waals surface area contributed by atoms with Crippen molar-refractivity contribution in [3.8, 4) is 17.0 Å². The van der Waals surface area contributed by atoms with Crippen LogP contribution in [0.1, 0.15) is 31.2 Å². The van der Waals surface area contributed by atoms with Gasteiger partial charge in [0.2, 0.25) is 0 Å². The zero-order valence-electron chi connectivity index (χ0n) is 15.6. The number of amides is 3. The standard InChI is InChI=1S/C20H17N5O4/c1-25-16(17(29-2)15(24-25)10-6-4-3-5-7-10)20(28)22-14-9-12-11(8-13(14)21)18(26)23-19(12)27/h3-9H,21H2,1-2H3,(H,22,28)(H,23,26,27). The van der Waals surface area contributed by atoms with Crippen LogP contribution in [0, 0.1) is 0 Å². The van der Waals surface area contributed by atoms with Crippen LogP contribution < -0.4 is 21.1 Å². The number of aryl methyl sites for hydroxylation is 1. The third-order valence-corrected chi connectivity index (χ3v) is 4.62. The Bertz CT molecular complexity index is 1170. The van der Waals surface area contributed by atoms with E-state index in [1.54, 1.807) is 7.05 Å². The number of imide groups is 1. The number of anilines is 2. The van der Waals surface area contributed by atoms with E-state index in [4.69, 9.17) is 10.5 Å². The first kappa shape index (κ1) is 18.2. The second-order valence-corrected chi connectivity index (χ2v) is 6.44. The summed E-state index contributed by atoms with van der Waals surface area (Å²) in [6.07, 6.45) is 0. The van der Waals surface area contributed by atoms with Crippen molar-refractivity contribution in [1.82, 2.24) is 15.1 Å². The van der Waals surface area contributed by atoms with Crippen molar-refractivity contribution < 1.29 is 19.1 Å². The average molecular weight is 391 g/mol. The molecule has 146 valence electrons. The molecule has 9 nitrogen and oxygen atoms in total. The SMILES string of the molecule is COc1c(-c2ccccc2)nn(C)c1C(=O)Nc1cc2c(cc1N)C(=O)NC2=O. The van der Waals surface area contributed by atoms with Gasteiger partial charge in [0, 0.05) is 12.6 Å². The van der Waals surface area contributed by atoms with E-state index in [0.29, 0.717) is 11.4 Å². The van der Waals surface area contributed by atoms with E-state index in [-0.39, 0.29) is 28.2 Å². The minimum absolute atomic E-state index is 0.154. The van der Waals surface area contributed by atoms with Gasteiger partial charge in [0.05, 0.1) is 29.6 Å². The average Bonchev–Trinajstić information content (AvgIpc) is 3.18. The smallest absolute Gasteiger partial charge is 0.277 e. The molecule has 3 amide bonds. The Hall–Kier alpha value is -4.14. The van der Waals surface area contributed by atoms with Crippen molar-refractivity contribution in [2.24, 2.45) is 7.05 Å². The van der Waals surface area contributed by atoms with Crippen LogP contribution in [0.4, 0.5) is 11.4 Å². The molecule has 29 heavy (non-hydrogen) atoms. The number of hydrogen-bond acceptors (Lipinski definition) is 6. The first-order valence-electron chi connectivity index (χ1n) is 8.67. The molecule has 2 heterocycles. The number of carbonyl (C=O) groups is 3. The van der Waals surface area contributed by atoms with Gasteiger partial charge in [-0.1, -0.05) is 30.3 Å². The Kier molecular flexibility index (Phi) is 4.27. The molecule has 1 aliphatic heterocycles. The molecule has 1 aliphatic rings. The van der Waals surface area contributed by atoms with Crippen LogP contribution in [0.3, 0.4) is 0 Å². The molecular weight excluding hydrogens is 374 g/mol. The van der Waals surface area contributed by atoms with Gasteiger partial charge >= 0.3 is 0 Å². The molecule has 0 atom stereocenters. The number of fused-ring (bicyclic) bond motifs is 1. The maximum absolute atomic E-state index is 13.0. The third kappa shape index (κ3) is 2.98. The van der Waals surface area contributed by atoms with Crippen LogP contribution in [0.5, 0.6) is 5.75 Å². The highest BCUT2D eigenvalue weighted by Gasteiger charge is 2.29. The first-order valence-corrected chi connectivity index (χ1v) is 8.67. The monoisotopic (exact) mass is 391 g/mol. The first-order chi connectivity index (χ1) is 13.9. The van der Waals surface area contributed by atoms with E-state index in [2.05, 4.69) is 15.7 Å². The van der Waals surface area contributed by atoms with Gasteiger partial charge in [-0.15, -0.1) is 0 Å². The lowest BCUT2D eigenvalue weighted by Crippen LogP contribution is -2.20. The fourth-order valence-corrected chi connectivity index (χ4v) is 3.25. The molecular formula is C20H17N5O4. The fourth-order valence-electron chi connectivity index (χ4n) is 3.25. The largest absolute Gasteiger partial charge is 0.492 e. The van der Waals surface area contributed by atoms with E-state index >= 15 is 0 Å². The molecule has 0 saturated carbocycles. The molecule has 0 saturated heterocycles. The second kappa shape index (κ2) is 6.79. The summed E-state index contributed by atoms with van der Waals surface area (Å²) < 4.78 is 6.87. The second-order valence-electron chi connectivity index (χ2n) is 6.44. The van der Waals surface area contributed by atoms with Crippen LogP contribution in [-0.2, 0) is 7.05 Å². The van der Waals surface area contributed by atoms with E-state index < -0.39 is 17.7 Å². The Morgan fingerprint density at radius 1 is 1.14 bits per heavy atom. The van der Waals surface area contributed by atoms with Gasteiger partial charge in [-0.3, -0.25) is 24.4 Å². The molecule has 4 N–H and O–H groups in total. The van der Waals surface area contributed by atoms with Crippen molar-refractivity contribution in [2.75, 3.05) is 18.2 Å². The number of hydrogen-bond donors (Lipinski definition) is 3. The highest BCUT2D eigenvalue weighted by molar-refractivity contribution is 6.23. The maximum Gasteiger partial charge on any atom is 0.277 e. The van der Waals surface area contributed by atoms with E-state index in [1.165, 1.54) is 23.9 Å². The summed E-state index contributed by atoms with van der Waals surface area (Å²) >= 11 is 0. The van der Waals surface area contributed by atoms with Crippen molar-refractivity contribution in [1.29, 1.82) is 0 Å². The van der Waals surface area contributed by atoms with Gasteiger partial charge < -0.3 is 15.8 Å². The van der Waals surface area contributed by atoms with Gasteiger partial charge in [-0.2, -0.15) is 5.10 Å². The predicted molar refractivity (Wildman–Crippen MR) is 106 cm³/mol. The molecule has 1 aromatic heterocycles. The third-order valence-electron chi connectivity index (χ3n) is 4.62. The molecule has 0 unspecified atom stereocenters. The van der Waals surface area contributed by atoms with Crippen molar-refractivity contribution in [3.63, 3.8) is 0 Å². The zero-order valence-corrected chi connectivity index (χ0v) is 15.6. The van der Waals surface area contributed by atoms with Gasteiger partial charge in [0.25, 0.3) is 17.7 Å². The predicted octanol–water partition coefficient (Wildman–Crippen LogP) is 1.81. The van der Waals surface area contributed by atoms with Gasteiger partial charge in [-0.05, 0) is 12.1 Å². The summed E-state index contributed by atoms with van der Waals surface area (Å²) in [6, 6.07) is 12.1. The van der Waals surface area contributed by atoms with Gasteiger partial charge in [-0.25, -0.2) is 0 Å². The Labute approximate surface area is 165 Å². The van der Waals surface area contributed by atoms with Crippen LogP contribution >= 0.6 is 0 Å². The summed E-state index contributed by atoms with van der Waals surface area (Å²) in [5.74, 6) is -1.26. The van der Waals surface area contributed by atoms with Crippen LogP contribution in [0.15, 0.2) is 42.5 Å². The summed E-state index contributed by atoms with van der Waals surface area (Å²) in [4.78, 5) is 36.6. The van der Waals surface area contributed by atoms with Crippen molar-refractivity contribution >= 4 is 29.1 Å². The van der Waals surface area contributed by atoms with Crippen LogP contribution in [-0.4, -0.2) is 34.6 Å². The number of aromatic nitrogens is 2. The lowest BCUT2D eigenvalue weighted by molar-refractivity contribution is 0.0878. The van der Waals surface area contributed by atoms with E-state index in [9.17, 15) is 14.4 Å². The fraction of sp³-hybridized carbons (Fsp3) is 0.100. The normalized spacial score (nSPS) is 12.5. The topological polar surface area (TPSA) is 128 Å². The Morgan fingerprint density at radius 2 is 1.79 bits per heavy atom. The number of methoxy groups -OCH3 is 1. The summed E-state index contributed by atoms with van der Waals surface area (Å²) in [7, 11) is 3.09. The Morgan fingerprint density at radius 3 is 2.45 bits per heavy atom. The van der Waals surface area contributed by atoms with Gasteiger partial charge in [0.15, 0.2) is 11.4 Å². The molecule has 9 heteroatoms.